The van der Waals surface area contributed by atoms with Crippen molar-refractivity contribution in [2.24, 2.45) is 0 Å². The highest BCUT2D eigenvalue weighted by molar-refractivity contribution is 7.80. The summed E-state index contributed by atoms with van der Waals surface area (Å²) in [5, 5.41) is 8.35. The molecule has 1 fully saturated rings. The van der Waals surface area contributed by atoms with Crippen LogP contribution in [0.15, 0.2) is 30.3 Å². The summed E-state index contributed by atoms with van der Waals surface area (Å²) in [7, 11) is 0. The second-order valence-corrected chi connectivity index (χ2v) is 7.43. The smallest absolute Gasteiger partial charge is 0.238 e. The Morgan fingerprint density at radius 1 is 1.19 bits per heavy atom. The molecule has 27 heavy (non-hydrogen) atoms. The van der Waals surface area contributed by atoms with Gasteiger partial charge in [0.15, 0.2) is 5.11 Å². The summed E-state index contributed by atoms with van der Waals surface area (Å²) in [5.74, 6) is -0.0863. The van der Waals surface area contributed by atoms with Crippen molar-refractivity contribution < 1.29 is 4.79 Å². The van der Waals surface area contributed by atoms with Crippen LogP contribution in [0.25, 0.3) is 5.69 Å². The van der Waals surface area contributed by atoms with Crippen LogP contribution >= 0.6 is 12.2 Å². The van der Waals surface area contributed by atoms with Crippen LogP contribution in [-0.2, 0) is 11.2 Å². The van der Waals surface area contributed by atoms with E-state index < -0.39 is 0 Å². The average Bonchev–Trinajstić information content (AvgIpc) is 3.27. The highest BCUT2D eigenvalue weighted by Gasteiger charge is 2.16. The topological polar surface area (TPSA) is 71.0 Å². The molecule has 1 amide bonds. The van der Waals surface area contributed by atoms with E-state index in [1.165, 1.54) is 12.8 Å². The number of aromatic nitrogens is 2. The molecule has 1 aromatic carbocycles. The lowest BCUT2D eigenvalue weighted by atomic mass is 10.1. The molecule has 0 radical (unpaired) electrons. The summed E-state index contributed by atoms with van der Waals surface area (Å²) in [6, 6.07) is 10.5. The number of para-hydroxylation sites is 1. The predicted octanol–water partition coefficient (Wildman–Crippen LogP) is 2.86. The quantitative estimate of drug-likeness (QED) is 0.545. The van der Waals surface area contributed by atoms with Crippen molar-refractivity contribution in [1.82, 2.24) is 25.9 Å². The number of nitrogens with zero attached hydrogens (tertiary/aromatic N) is 2. The van der Waals surface area contributed by atoms with E-state index in [0.717, 1.165) is 35.5 Å². The number of carbonyl (C=O) groups is 1. The van der Waals surface area contributed by atoms with E-state index in [1.807, 2.05) is 48.9 Å². The van der Waals surface area contributed by atoms with Crippen LogP contribution in [0, 0.1) is 13.8 Å². The first-order valence-corrected chi connectivity index (χ1v) is 9.91. The van der Waals surface area contributed by atoms with Gasteiger partial charge >= 0.3 is 0 Å². The third-order valence-electron chi connectivity index (χ3n) is 5.05. The number of hydrazine groups is 1. The van der Waals surface area contributed by atoms with Crippen molar-refractivity contribution in [3.8, 4) is 5.69 Å². The van der Waals surface area contributed by atoms with Crippen molar-refractivity contribution >= 4 is 23.2 Å². The minimum atomic E-state index is -0.0863. The molecular formula is C20H27N5OS. The van der Waals surface area contributed by atoms with Gasteiger partial charge in [0.1, 0.15) is 0 Å². The fourth-order valence-electron chi connectivity index (χ4n) is 3.58. The van der Waals surface area contributed by atoms with Crippen molar-refractivity contribution in [2.75, 3.05) is 0 Å². The maximum absolute atomic E-state index is 12.2. The Kier molecular flexibility index (Phi) is 6.45. The number of hydrogen-bond acceptors (Lipinski definition) is 3. The molecule has 0 atom stereocenters. The molecule has 2 aromatic rings. The van der Waals surface area contributed by atoms with E-state index in [4.69, 9.17) is 12.2 Å². The van der Waals surface area contributed by atoms with Crippen molar-refractivity contribution in [3.63, 3.8) is 0 Å². The van der Waals surface area contributed by atoms with Gasteiger partial charge in [-0.1, -0.05) is 31.0 Å². The third kappa shape index (κ3) is 5.07. The zero-order valence-corrected chi connectivity index (χ0v) is 16.7. The standard InChI is InChI=1S/C20H27N5OS/c1-14-18(15(2)25(24-14)17-10-4-3-5-11-17)12-13-19(26)22-23-20(27)21-16-8-6-7-9-16/h3-5,10-11,16H,6-9,12-13H2,1-2H3,(H,22,26)(H2,21,23,27). The molecule has 144 valence electrons. The number of benzene rings is 1. The number of aryl methyl sites for hydroxylation is 1. The Balaban J connectivity index is 1.50. The largest absolute Gasteiger partial charge is 0.359 e. The van der Waals surface area contributed by atoms with E-state index in [0.29, 0.717) is 24.0 Å². The zero-order valence-electron chi connectivity index (χ0n) is 15.9. The molecule has 1 aromatic heterocycles. The molecule has 0 bridgehead atoms. The van der Waals surface area contributed by atoms with Crippen LogP contribution in [0.2, 0.25) is 0 Å². The van der Waals surface area contributed by atoms with Gasteiger partial charge in [0.05, 0.1) is 11.4 Å². The van der Waals surface area contributed by atoms with E-state index in [-0.39, 0.29) is 5.91 Å². The molecule has 3 N–H and O–H groups in total. The minimum Gasteiger partial charge on any atom is -0.359 e. The lowest BCUT2D eigenvalue weighted by Gasteiger charge is -2.16. The van der Waals surface area contributed by atoms with E-state index >= 15 is 0 Å². The van der Waals surface area contributed by atoms with Crippen LogP contribution in [0.1, 0.15) is 49.1 Å². The second-order valence-electron chi connectivity index (χ2n) is 7.02. The van der Waals surface area contributed by atoms with E-state index in [2.05, 4.69) is 21.3 Å². The number of amides is 1. The highest BCUT2D eigenvalue weighted by Crippen LogP contribution is 2.19. The fourth-order valence-corrected chi connectivity index (χ4v) is 3.79. The van der Waals surface area contributed by atoms with Gasteiger partial charge in [0.25, 0.3) is 0 Å². The van der Waals surface area contributed by atoms with Gasteiger partial charge in [0.2, 0.25) is 5.91 Å². The molecule has 6 nitrogen and oxygen atoms in total. The van der Waals surface area contributed by atoms with Crippen LogP contribution < -0.4 is 16.2 Å². The van der Waals surface area contributed by atoms with Crippen molar-refractivity contribution in [3.05, 3.63) is 47.3 Å². The van der Waals surface area contributed by atoms with Crippen LogP contribution in [0.4, 0.5) is 0 Å². The monoisotopic (exact) mass is 385 g/mol. The number of nitrogens with one attached hydrogen (secondary N) is 3. The van der Waals surface area contributed by atoms with Crippen LogP contribution in [-0.4, -0.2) is 26.8 Å². The zero-order chi connectivity index (χ0) is 19.2. The van der Waals surface area contributed by atoms with Gasteiger partial charge in [-0.15, -0.1) is 0 Å². The lowest BCUT2D eigenvalue weighted by Crippen LogP contribution is -2.49. The number of carbonyl (C=O) groups excluding carboxylic acids is 1. The number of hydrogen-bond donors (Lipinski definition) is 3. The summed E-state index contributed by atoms with van der Waals surface area (Å²) in [6.45, 7) is 4.03. The molecule has 1 aliphatic rings. The summed E-state index contributed by atoms with van der Waals surface area (Å²) in [4.78, 5) is 12.2. The third-order valence-corrected chi connectivity index (χ3v) is 5.27. The minimum absolute atomic E-state index is 0.0863. The molecule has 1 heterocycles. The molecule has 0 spiro atoms. The predicted molar refractivity (Wildman–Crippen MR) is 111 cm³/mol. The first-order chi connectivity index (χ1) is 13.0. The number of thiocarbonyl (C=S) groups is 1. The van der Waals surface area contributed by atoms with E-state index in [1.54, 1.807) is 0 Å². The number of rotatable bonds is 5. The maximum atomic E-state index is 12.2. The van der Waals surface area contributed by atoms with Gasteiger partial charge in [-0.3, -0.25) is 15.6 Å². The SMILES string of the molecule is Cc1nn(-c2ccccc2)c(C)c1CCC(=O)NNC(=S)NC1CCCC1. The van der Waals surface area contributed by atoms with E-state index in [9.17, 15) is 4.79 Å². The van der Waals surface area contributed by atoms with Crippen LogP contribution in [0.5, 0.6) is 0 Å². The Bertz CT molecular complexity index is 796. The Morgan fingerprint density at radius 3 is 2.59 bits per heavy atom. The Labute approximate surface area is 165 Å². The molecule has 7 heteroatoms. The first-order valence-electron chi connectivity index (χ1n) is 9.50. The molecule has 0 aliphatic heterocycles. The summed E-state index contributed by atoms with van der Waals surface area (Å²) >= 11 is 5.24. The van der Waals surface area contributed by atoms with Crippen molar-refractivity contribution in [1.29, 1.82) is 0 Å². The molecule has 1 saturated carbocycles. The average molecular weight is 386 g/mol. The van der Waals surface area contributed by atoms with Gasteiger partial charge in [-0.05, 0) is 63.0 Å². The fraction of sp³-hybridized carbons (Fsp3) is 0.450. The molecule has 0 saturated heterocycles. The second kappa shape index (κ2) is 8.99. The molecule has 0 unspecified atom stereocenters. The Hall–Kier alpha value is -2.41. The summed E-state index contributed by atoms with van der Waals surface area (Å²) < 4.78 is 1.93. The van der Waals surface area contributed by atoms with Gasteiger partial charge in [-0.2, -0.15) is 5.10 Å². The highest BCUT2D eigenvalue weighted by atomic mass is 32.1. The lowest BCUT2D eigenvalue weighted by molar-refractivity contribution is -0.121. The summed E-state index contributed by atoms with van der Waals surface area (Å²) in [5.41, 5.74) is 9.65. The normalized spacial score (nSPS) is 14.1. The Morgan fingerprint density at radius 2 is 1.89 bits per heavy atom. The maximum Gasteiger partial charge on any atom is 0.238 e. The molecule has 3 rings (SSSR count). The van der Waals surface area contributed by atoms with Gasteiger partial charge < -0.3 is 5.32 Å². The summed E-state index contributed by atoms with van der Waals surface area (Å²) in [6.07, 6.45) is 5.77. The van der Waals surface area contributed by atoms with Crippen molar-refractivity contribution in [2.45, 2.75) is 58.4 Å². The molecular weight excluding hydrogens is 358 g/mol. The van der Waals surface area contributed by atoms with Gasteiger partial charge in [-0.25, -0.2) is 4.68 Å². The van der Waals surface area contributed by atoms with Crippen LogP contribution in [0.3, 0.4) is 0 Å². The van der Waals surface area contributed by atoms with Gasteiger partial charge in [0, 0.05) is 18.2 Å². The molecule has 1 aliphatic carbocycles. The first kappa shape index (κ1) is 19.4.